The van der Waals surface area contributed by atoms with Gasteiger partial charge >= 0.3 is 0 Å². The predicted molar refractivity (Wildman–Crippen MR) is 72.5 cm³/mol. The molecule has 3 rings (SSSR count). The molecular weight excluding hydrogens is 222 g/mol. The molecule has 2 nitrogen and oxygen atoms in total. The van der Waals surface area contributed by atoms with Crippen LogP contribution in [0.2, 0.25) is 0 Å². The van der Waals surface area contributed by atoms with E-state index in [1.54, 1.807) is 6.07 Å². The summed E-state index contributed by atoms with van der Waals surface area (Å²) in [5, 5.41) is 13.0. The smallest absolute Gasteiger partial charge is 0.115 e. The summed E-state index contributed by atoms with van der Waals surface area (Å²) in [4.78, 5) is 0. The molecule has 2 N–H and O–H groups in total. The number of nitrogens with one attached hydrogen (secondary N) is 1. The fourth-order valence-corrected chi connectivity index (χ4v) is 2.68. The molecule has 1 aliphatic rings. The molecule has 0 aromatic heterocycles. The van der Waals surface area contributed by atoms with Crippen LogP contribution in [0.3, 0.4) is 0 Å². The van der Waals surface area contributed by atoms with Gasteiger partial charge in [0, 0.05) is 12.6 Å². The van der Waals surface area contributed by atoms with Gasteiger partial charge in [0.1, 0.15) is 5.75 Å². The SMILES string of the molecule is Oc1cccc(CNC2CCc3ccccc32)c1. The molecule has 0 saturated carbocycles. The van der Waals surface area contributed by atoms with Crippen molar-refractivity contribution in [2.45, 2.75) is 25.4 Å². The Bertz CT molecular complexity index is 550. The first-order valence-corrected chi connectivity index (χ1v) is 6.42. The second-order valence-corrected chi connectivity index (χ2v) is 4.84. The van der Waals surface area contributed by atoms with E-state index in [1.165, 1.54) is 11.1 Å². The van der Waals surface area contributed by atoms with Gasteiger partial charge in [-0.1, -0.05) is 36.4 Å². The van der Waals surface area contributed by atoms with Gasteiger partial charge in [-0.2, -0.15) is 0 Å². The van der Waals surface area contributed by atoms with Crippen LogP contribution in [0.25, 0.3) is 0 Å². The van der Waals surface area contributed by atoms with Gasteiger partial charge in [-0.15, -0.1) is 0 Å². The van der Waals surface area contributed by atoms with Gasteiger partial charge < -0.3 is 10.4 Å². The van der Waals surface area contributed by atoms with Crippen molar-refractivity contribution in [2.75, 3.05) is 0 Å². The quantitative estimate of drug-likeness (QED) is 0.862. The van der Waals surface area contributed by atoms with Crippen molar-refractivity contribution < 1.29 is 5.11 Å². The van der Waals surface area contributed by atoms with Crippen LogP contribution in [-0.4, -0.2) is 5.11 Å². The van der Waals surface area contributed by atoms with Crippen molar-refractivity contribution in [2.24, 2.45) is 0 Å². The van der Waals surface area contributed by atoms with Crippen LogP contribution in [0, 0.1) is 0 Å². The highest BCUT2D eigenvalue weighted by atomic mass is 16.3. The Morgan fingerprint density at radius 2 is 2.00 bits per heavy atom. The fraction of sp³-hybridized carbons (Fsp3) is 0.250. The highest BCUT2D eigenvalue weighted by Crippen LogP contribution is 2.30. The highest BCUT2D eigenvalue weighted by molar-refractivity contribution is 5.34. The predicted octanol–water partition coefficient (Wildman–Crippen LogP) is 3.17. The van der Waals surface area contributed by atoms with Crippen LogP contribution in [0.5, 0.6) is 5.75 Å². The molecule has 0 heterocycles. The molecular formula is C16H17NO. The minimum Gasteiger partial charge on any atom is -0.508 e. The van der Waals surface area contributed by atoms with Gasteiger partial charge in [0.2, 0.25) is 0 Å². The Morgan fingerprint density at radius 3 is 2.89 bits per heavy atom. The lowest BCUT2D eigenvalue weighted by molar-refractivity contribution is 0.472. The molecule has 2 aromatic rings. The molecule has 0 spiro atoms. The van der Waals surface area contributed by atoms with E-state index < -0.39 is 0 Å². The van der Waals surface area contributed by atoms with Gasteiger partial charge in [0.05, 0.1) is 0 Å². The van der Waals surface area contributed by atoms with Crippen molar-refractivity contribution in [3.05, 3.63) is 65.2 Å². The number of aryl methyl sites for hydroxylation is 1. The Balaban J connectivity index is 1.69. The molecule has 2 heteroatoms. The maximum atomic E-state index is 9.44. The number of phenolic OH excluding ortho intramolecular Hbond substituents is 1. The van der Waals surface area contributed by atoms with Crippen molar-refractivity contribution in [3.8, 4) is 5.75 Å². The van der Waals surface area contributed by atoms with Crippen LogP contribution in [0.4, 0.5) is 0 Å². The Hall–Kier alpha value is -1.80. The Kier molecular flexibility index (Phi) is 3.03. The number of aromatic hydroxyl groups is 1. The summed E-state index contributed by atoms with van der Waals surface area (Å²) >= 11 is 0. The minimum absolute atomic E-state index is 0.334. The standard InChI is InChI=1S/C16H17NO/c18-14-6-3-4-12(10-14)11-17-16-9-8-13-5-1-2-7-15(13)16/h1-7,10,16-18H,8-9,11H2. The molecule has 0 fully saturated rings. The van der Waals surface area contributed by atoms with Crippen molar-refractivity contribution in [1.82, 2.24) is 5.32 Å². The summed E-state index contributed by atoms with van der Waals surface area (Å²) < 4.78 is 0. The number of rotatable bonds is 3. The van der Waals surface area contributed by atoms with Crippen LogP contribution in [0.1, 0.15) is 29.2 Å². The lowest BCUT2D eigenvalue weighted by atomic mass is 10.1. The molecule has 1 aliphatic carbocycles. The topological polar surface area (TPSA) is 32.3 Å². The summed E-state index contributed by atoms with van der Waals surface area (Å²) in [6.45, 7) is 0.799. The van der Waals surface area contributed by atoms with Crippen LogP contribution in [0.15, 0.2) is 48.5 Å². The zero-order chi connectivity index (χ0) is 12.4. The van der Waals surface area contributed by atoms with Crippen LogP contribution >= 0.6 is 0 Å². The molecule has 18 heavy (non-hydrogen) atoms. The third kappa shape index (κ3) is 2.24. The lowest BCUT2D eigenvalue weighted by Crippen LogP contribution is -2.18. The fourth-order valence-electron chi connectivity index (χ4n) is 2.68. The molecule has 0 bridgehead atoms. The average Bonchev–Trinajstić information content (AvgIpc) is 2.80. The molecule has 0 radical (unpaired) electrons. The van der Waals surface area contributed by atoms with E-state index in [1.807, 2.05) is 18.2 Å². The summed E-state index contributed by atoms with van der Waals surface area (Å²) in [6.07, 6.45) is 2.33. The first-order chi connectivity index (χ1) is 8.83. The second-order valence-electron chi connectivity index (χ2n) is 4.84. The third-order valence-electron chi connectivity index (χ3n) is 3.60. The van der Waals surface area contributed by atoms with Crippen LogP contribution in [-0.2, 0) is 13.0 Å². The maximum Gasteiger partial charge on any atom is 0.115 e. The van der Waals surface area contributed by atoms with Crippen molar-refractivity contribution >= 4 is 0 Å². The molecule has 1 atom stereocenters. The zero-order valence-electron chi connectivity index (χ0n) is 10.3. The Morgan fingerprint density at radius 1 is 1.11 bits per heavy atom. The molecule has 92 valence electrons. The number of hydrogen-bond donors (Lipinski definition) is 2. The van der Waals surface area contributed by atoms with Gasteiger partial charge in [-0.25, -0.2) is 0 Å². The van der Waals surface area contributed by atoms with Crippen LogP contribution < -0.4 is 5.32 Å². The Labute approximate surface area is 107 Å². The third-order valence-corrected chi connectivity index (χ3v) is 3.60. The maximum absolute atomic E-state index is 9.44. The highest BCUT2D eigenvalue weighted by Gasteiger charge is 2.20. The molecule has 0 saturated heterocycles. The monoisotopic (exact) mass is 239 g/mol. The molecule has 0 aliphatic heterocycles. The van der Waals surface area contributed by atoms with Crippen molar-refractivity contribution in [1.29, 1.82) is 0 Å². The lowest BCUT2D eigenvalue weighted by Gasteiger charge is -2.14. The average molecular weight is 239 g/mol. The molecule has 1 unspecified atom stereocenters. The minimum atomic E-state index is 0.334. The number of fused-ring (bicyclic) bond motifs is 1. The zero-order valence-corrected chi connectivity index (χ0v) is 10.3. The molecule has 0 amide bonds. The van der Waals surface area contributed by atoms with Crippen molar-refractivity contribution in [3.63, 3.8) is 0 Å². The van der Waals surface area contributed by atoms with E-state index >= 15 is 0 Å². The van der Waals surface area contributed by atoms with E-state index in [0.29, 0.717) is 11.8 Å². The number of benzene rings is 2. The van der Waals surface area contributed by atoms with Gasteiger partial charge in [0.15, 0.2) is 0 Å². The second kappa shape index (κ2) is 4.83. The van der Waals surface area contributed by atoms with Gasteiger partial charge in [0.25, 0.3) is 0 Å². The summed E-state index contributed by atoms with van der Waals surface area (Å²) in [5.74, 6) is 0.334. The first kappa shape index (κ1) is 11.3. The van der Waals surface area contributed by atoms with E-state index in [0.717, 1.165) is 24.9 Å². The number of hydrogen-bond acceptors (Lipinski definition) is 2. The van der Waals surface area contributed by atoms with Gasteiger partial charge in [-0.3, -0.25) is 0 Å². The van der Waals surface area contributed by atoms with E-state index in [-0.39, 0.29) is 0 Å². The largest absolute Gasteiger partial charge is 0.508 e. The number of phenols is 1. The van der Waals surface area contributed by atoms with Gasteiger partial charge in [-0.05, 0) is 41.7 Å². The summed E-state index contributed by atoms with van der Waals surface area (Å²) in [7, 11) is 0. The van der Waals surface area contributed by atoms with E-state index in [9.17, 15) is 5.11 Å². The summed E-state index contributed by atoms with van der Waals surface area (Å²) in [6, 6.07) is 16.5. The van der Waals surface area contributed by atoms with E-state index in [2.05, 4.69) is 29.6 Å². The molecule has 2 aromatic carbocycles. The summed E-state index contributed by atoms with van der Waals surface area (Å²) in [5.41, 5.74) is 4.02. The van der Waals surface area contributed by atoms with E-state index in [4.69, 9.17) is 0 Å². The first-order valence-electron chi connectivity index (χ1n) is 6.42. The normalized spacial score (nSPS) is 17.7.